The number of ether oxygens (including phenoxy) is 2. The van der Waals surface area contributed by atoms with Gasteiger partial charge in [-0.1, -0.05) is 0 Å². The van der Waals surface area contributed by atoms with Crippen molar-refractivity contribution in [2.75, 3.05) is 32.8 Å². The van der Waals surface area contributed by atoms with Crippen molar-refractivity contribution in [2.24, 2.45) is 11.7 Å². The van der Waals surface area contributed by atoms with E-state index in [1.54, 1.807) is 0 Å². The van der Waals surface area contributed by atoms with Crippen molar-refractivity contribution in [2.45, 2.75) is 38.5 Å². The van der Waals surface area contributed by atoms with E-state index in [1.165, 1.54) is 0 Å². The molecule has 2 unspecified atom stereocenters. The molecule has 0 bridgehead atoms. The minimum Gasteiger partial charge on any atom is -0.381 e. The highest BCUT2D eigenvalue weighted by Gasteiger charge is 2.33. The third kappa shape index (κ3) is 2.74. The highest BCUT2D eigenvalue weighted by molar-refractivity contribution is 4.86. The van der Waals surface area contributed by atoms with E-state index in [-0.39, 0.29) is 0 Å². The molecule has 2 aliphatic heterocycles. The molecular weight excluding hydrogens is 204 g/mol. The highest BCUT2D eigenvalue weighted by atomic mass is 16.5. The Kier molecular flexibility index (Phi) is 4.19. The van der Waals surface area contributed by atoms with Crippen LogP contribution in [-0.2, 0) is 9.47 Å². The molecule has 2 fully saturated rings. The minimum absolute atomic E-state index is 0.320. The lowest BCUT2D eigenvalue weighted by atomic mass is 9.96. The molecule has 0 saturated carbocycles. The van der Waals surface area contributed by atoms with Gasteiger partial charge < -0.3 is 15.2 Å². The summed E-state index contributed by atoms with van der Waals surface area (Å²) in [5.41, 5.74) is 5.94. The predicted molar refractivity (Wildman–Crippen MR) is 63.4 cm³/mol. The van der Waals surface area contributed by atoms with Crippen LogP contribution in [0, 0.1) is 5.92 Å². The molecule has 0 aliphatic carbocycles. The summed E-state index contributed by atoms with van der Waals surface area (Å²) in [6.45, 7) is 8.79. The summed E-state index contributed by atoms with van der Waals surface area (Å²) in [6, 6.07) is 0.469. The zero-order chi connectivity index (χ0) is 11.5. The summed E-state index contributed by atoms with van der Waals surface area (Å²) in [5.74, 6) is 0.613. The minimum atomic E-state index is 0.320. The van der Waals surface area contributed by atoms with E-state index >= 15 is 0 Å². The standard InChI is InChI=1S/C12H24N2O2/c1-9-6-14(7-10(2)16-9)12(5-13)11-3-4-15-8-11/h9-12H,3-8,13H2,1-2H3/t9-,10+,11?,12?. The lowest BCUT2D eigenvalue weighted by molar-refractivity contribution is -0.0859. The van der Waals surface area contributed by atoms with Gasteiger partial charge in [-0.05, 0) is 20.3 Å². The van der Waals surface area contributed by atoms with Gasteiger partial charge in [-0.3, -0.25) is 4.90 Å². The first-order valence-electron chi connectivity index (χ1n) is 6.38. The van der Waals surface area contributed by atoms with Crippen molar-refractivity contribution in [3.8, 4) is 0 Å². The number of nitrogens with zero attached hydrogens (tertiary/aromatic N) is 1. The molecule has 2 rings (SSSR count). The fourth-order valence-electron chi connectivity index (χ4n) is 2.98. The van der Waals surface area contributed by atoms with Gasteiger partial charge in [0.15, 0.2) is 0 Å². The molecule has 94 valence electrons. The number of hydrogen-bond donors (Lipinski definition) is 1. The van der Waals surface area contributed by atoms with Crippen LogP contribution in [0.15, 0.2) is 0 Å². The zero-order valence-electron chi connectivity index (χ0n) is 10.4. The van der Waals surface area contributed by atoms with Crippen molar-refractivity contribution >= 4 is 0 Å². The van der Waals surface area contributed by atoms with Gasteiger partial charge in [-0.2, -0.15) is 0 Å². The van der Waals surface area contributed by atoms with E-state index < -0.39 is 0 Å². The van der Waals surface area contributed by atoms with Crippen molar-refractivity contribution < 1.29 is 9.47 Å². The first-order chi connectivity index (χ1) is 7.70. The Morgan fingerprint density at radius 3 is 2.50 bits per heavy atom. The average molecular weight is 228 g/mol. The average Bonchev–Trinajstić information content (AvgIpc) is 2.70. The lowest BCUT2D eigenvalue weighted by Crippen LogP contribution is -2.54. The fourth-order valence-corrected chi connectivity index (χ4v) is 2.98. The monoisotopic (exact) mass is 228 g/mol. The first-order valence-corrected chi connectivity index (χ1v) is 6.38. The predicted octanol–water partition coefficient (Wildman–Crippen LogP) is 0.459. The van der Waals surface area contributed by atoms with E-state index in [0.717, 1.165) is 39.3 Å². The number of nitrogens with two attached hydrogens (primary N) is 1. The van der Waals surface area contributed by atoms with Gasteiger partial charge in [0.1, 0.15) is 0 Å². The van der Waals surface area contributed by atoms with Crippen molar-refractivity contribution in [3.05, 3.63) is 0 Å². The second-order valence-electron chi connectivity index (χ2n) is 5.14. The molecule has 2 saturated heterocycles. The molecule has 2 N–H and O–H groups in total. The molecule has 0 spiro atoms. The second-order valence-corrected chi connectivity index (χ2v) is 5.14. The molecule has 16 heavy (non-hydrogen) atoms. The second kappa shape index (κ2) is 5.45. The quantitative estimate of drug-likeness (QED) is 0.762. The fraction of sp³-hybridized carbons (Fsp3) is 1.00. The van der Waals surface area contributed by atoms with Gasteiger partial charge in [0.2, 0.25) is 0 Å². The Morgan fingerprint density at radius 1 is 1.31 bits per heavy atom. The molecular formula is C12H24N2O2. The molecule has 2 aliphatic rings. The molecule has 2 heterocycles. The molecule has 4 nitrogen and oxygen atoms in total. The van der Waals surface area contributed by atoms with Crippen LogP contribution >= 0.6 is 0 Å². The largest absolute Gasteiger partial charge is 0.381 e. The van der Waals surface area contributed by atoms with Crippen LogP contribution in [0.4, 0.5) is 0 Å². The number of rotatable bonds is 3. The highest BCUT2D eigenvalue weighted by Crippen LogP contribution is 2.23. The molecule has 0 aromatic rings. The van der Waals surface area contributed by atoms with E-state index in [9.17, 15) is 0 Å². The Bertz CT molecular complexity index is 209. The van der Waals surface area contributed by atoms with Crippen molar-refractivity contribution in [1.29, 1.82) is 0 Å². The normalized spacial score (nSPS) is 38.8. The third-order valence-corrected chi connectivity index (χ3v) is 3.67. The van der Waals surface area contributed by atoms with Gasteiger partial charge >= 0.3 is 0 Å². The molecule has 4 atom stereocenters. The molecule has 4 heteroatoms. The van der Waals surface area contributed by atoms with Crippen molar-refractivity contribution in [3.63, 3.8) is 0 Å². The van der Waals surface area contributed by atoms with Gasteiger partial charge in [0, 0.05) is 38.2 Å². The van der Waals surface area contributed by atoms with E-state index in [0.29, 0.717) is 24.2 Å². The Hall–Kier alpha value is -0.160. The van der Waals surface area contributed by atoms with E-state index in [4.69, 9.17) is 15.2 Å². The lowest BCUT2D eigenvalue weighted by Gasteiger charge is -2.41. The summed E-state index contributed by atoms with van der Waals surface area (Å²) in [4.78, 5) is 2.50. The van der Waals surface area contributed by atoms with Crippen LogP contribution in [-0.4, -0.2) is 56.0 Å². The smallest absolute Gasteiger partial charge is 0.0678 e. The van der Waals surface area contributed by atoms with Crippen LogP contribution < -0.4 is 5.73 Å². The molecule has 0 aromatic heterocycles. The SMILES string of the molecule is C[C@@H]1CN(C(CN)C2CCOC2)C[C@H](C)O1. The maximum atomic E-state index is 5.94. The zero-order valence-corrected chi connectivity index (χ0v) is 10.4. The van der Waals surface area contributed by atoms with Gasteiger partial charge in [-0.25, -0.2) is 0 Å². The molecule has 0 radical (unpaired) electrons. The Morgan fingerprint density at radius 2 is 2.00 bits per heavy atom. The summed E-state index contributed by atoms with van der Waals surface area (Å²) < 4.78 is 11.2. The maximum absolute atomic E-state index is 5.94. The molecule has 0 amide bonds. The first kappa shape index (κ1) is 12.3. The number of morpholine rings is 1. The van der Waals surface area contributed by atoms with E-state index in [2.05, 4.69) is 18.7 Å². The van der Waals surface area contributed by atoms with Crippen LogP contribution in [0.5, 0.6) is 0 Å². The topological polar surface area (TPSA) is 47.7 Å². The maximum Gasteiger partial charge on any atom is 0.0678 e. The Balaban J connectivity index is 1.96. The van der Waals surface area contributed by atoms with Crippen molar-refractivity contribution in [1.82, 2.24) is 4.90 Å². The van der Waals surface area contributed by atoms with Crippen LogP contribution in [0.2, 0.25) is 0 Å². The number of hydrogen-bond acceptors (Lipinski definition) is 4. The summed E-state index contributed by atoms with van der Waals surface area (Å²) in [6.07, 6.45) is 1.79. The van der Waals surface area contributed by atoms with Gasteiger partial charge in [0.05, 0.1) is 18.8 Å². The summed E-state index contributed by atoms with van der Waals surface area (Å²) in [7, 11) is 0. The Labute approximate surface area is 98.1 Å². The van der Waals surface area contributed by atoms with E-state index in [1.807, 2.05) is 0 Å². The van der Waals surface area contributed by atoms with Crippen LogP contribution in [0.3, 0.4) is 0 Å². The summed E-state index contributed by atoms with van der Waals surface area (Å²) in [5, 5.41) is 0. The van der Waals surface area contributed by atoms with Gasteiger partial charge in [-0.15, -0.1) is 0 Å². The molecule has 0 aromatic carbocycles. The third-order valence-electron chi connectivity index (χ3n) is 3.67. The van der Waals surface area contributed by atoms with Crippen LogP contribution in [0.1, 0.15) is 20.3 Å². The summed E-state index contributed by atoms with van der Waals surface area (Å²) >= 11 is 0. The van der Waals surface area contributed by atoms with Crippen LogP contribution in [0.25, 0.3) is 0 Å². The van der Waals surface area contributed by atoms with Gasteiger partial charge in [0.25, 0.3) is 0 Å².